The maximum Gasteiger partial charge on any atom is 0.269 e. The minimum atomic E-state index is -0.896. The van der Waals surface area contributed by atoms with Gasteiger partial charge in [-0.05, 0) is 54.4 Å². The number of para-hydroxylation sites is 1. The predicted molar refractivity (Wildman–Crippen MR) is 157 cm³/mol. The smallest absolute Gasteiger partial charge is 0.269 e. The molecule has 4 aromatic carbocycles. The molecule has 0 aliphatic carbocycles. The fourth-order valence-corrected chi connectivity index (χ4v) is 5.60. The first kappa shape index (κ1) is 25.6. The van der Waals surface area contributed by atoms with E-state index in [9.17, 15) is 14.4 Å². The number of carbonyl (C=O) groups excluding carboxylic acids is 3. The second-order valence-corrected chi connectivity index (χ2v) is 10.6. The summed E-state index contributed by atoms with van der Waals surface area (Å²) in [4.78, 5) is 45.1. The predicted octanol–water partition coefficient (Wildman–Crippen LogP) is 5.99. The number of benzene rings is 4. The number of nitrogens with one attached hydrogen (secondary N) is 3. The van der Waals surface area contributed by atoms with Gasteiger partial charge in [-0.1, -0.05) is 82.7 Å². The summed E-state index contributed by atoms with van der Waals surface area (Å²) < 4.78 is 0.840. The third kappa shape index (κ3) is 4.46. The van der Waals surface area contributed by atoms with Crippen LogP contribution in [0.4, 0.5) is 0 Å². The Hall–Kier alpha value is -4.69. The fraction of sp³-hybridized carbons (Fsp3) is 0.0938. The van der Waals surface area contributed by atoms with Gasteiger partial charge in [-0.3, -0.25) is 25.2 Å². The van der Waals surface area contributed by atoms with Gasteiger partial charge < -0.3 is 9.88 Å². The van der Waals surface area contributed by atoms with Crippen LogP contribution >= 0.6 is 15.9 Å². The van der Waals surface area contributed by atoms with Crippen molar-refractivity contribution < 1.29 is 14.4 Å². The first-order chi connectivity index (χ1) is 19.4. The third-order valence-electron chi connectivity index (χ3n) is 7.28. The normalized spacial score (nSPS) is 15.1. The fourth-order valence-electron chi connectivity index (χ4n) is 5.33. The van der Waals surface area contributed by atoms with E-state index in [-0.39, 0.29) is 5.91 Å². The lowest BCUT2D eigenvalue weighted by Gasteiger charge is -2.31. The zero-order valence-corrected chi connectivity index (χ0v) is 23.1. The monoisotopic (exact) mass is 592 g/mol. The van der Waals surface area contributed by atoms with Crippen LogP contribution in [0.15, 0.2) is 108 Å². The minimum Gasteiger partial charge on any atom is -0.354 e. The summed E-state index contributed by atoms with van der Waals surface area (Å²) in [6.07, 6.45) is 0. The van der Waals surface area contributed by atoms with Crippen LogP contribution in [0.2, 0.25) is 0 Å². The summed E-state index contributed by atoms with van der Waals surface area (Å²) in [5.41, 5.74) is 10.5. The molecule has 40 heavy (non-hydrogen) atoms. The quantitative estimate of drug-likeness (QED) is 0.219. The molecule has 8 heteroatoms. The molecular weight excluding hydrogens is 568 g/mol. The second kappa shape index (κ2) is 10.5. The van der Waals surface area contributed by atoms with Crippen LogP contribution < -0.4 is 10.9 Å². The Balaban J connectivity index is 1.39. The second-order valence-electron chi connectivity index (χ2n) is 9.65. The molecule has 2 heterocycles. The molecule has 1 aromatic heterocycles. The Morgan fingerprint density at radius 1 is 0.850 bits per heavy atom. The van der Waals surface area contributed by atoms with Crippen molar-refractivity contribution in [1.82, 2.24) is 20.7 Å². The largest absolute Gasteiger partial charge is 0.354 e. The van der Waals surface area contributed by atoms with Crippen molar-refractivity contribution in [2.24, 2.45) is 0 Å². The third-order valence-corrected chi connectivity index (χ3v) is 7.81. The van der Waals surface area contributed by atoms with E-state index in [1.54, 1.807) is 42.2 Å². The van der Waals surface area contributed by atoms with E-state index in [1.807, 2.05) is 72.8 Å². The van der Waals surface area contributed by atoms with E-state index in [0.29, 0.717) is 11.1 Å². The average Bonchev–Trinajstić information content (AvgIpc) is 3.51. The van der Waals surface area contributed by atoms with Gasteiger partial charge in [-0.25, -0.2) is 0 Å². The topological polar surface area (TPSA) is 94.3 Å². The highest BCUT2D eigenvalue weighted by atomic mass is 79.9. The zero-order chi connectivity index (χ0) is 27.8. The highest BCUT2D eigenvalue weighted by Crippen LogP contribution is 2.46. The van der Waals surface area contributed by atoms with Gasteiger partial charge in [0.25, 0.3) is 17.7 Å². The van der Waals surface area contributed by atoms with Crippen molar-refractivity contribution in [3.05, 3.63) is 130 Å². The maximum absolute atomic E-state index is 13.9. The molecule has 2 atom stereocenters. The molecule has 0 spiro atoms. The van der Waals surface area contributed by atoms with E-state index >= 15 is 0 Å². The lowest BCUT2D eigenvalue weighted by molar-refractivity contribution is -0.126. The average molecular weight is 593 g/mol. The van der Waals surface area contributed by atoms with Crippen molar-refractivity contribution in [3.8, 4) is 11.3 Å². The van der Waals surface area contributed by atoms with Gasteiger partial charge in [0, 0.05) is 32.1 Å². The summed E-state index contributed by atoms with van der Waals surface area (Å²) in [5.74, 6) is -1.20. The molecule has 0 saturated heterocycles. The van der Waals surface area contributed by atoms with E-state index in [4.69, 9.17) is 0 Å². The van der Waals surface area contributed by atoms with Crippen molar-refractivity contribution in [2.45, 2.75) is 19.0 Å². The lowest BCUT2D eigenvalue weighted by atomic mass is 9.92. The molecule has 7 nitrogen and oxygen atoms in total. The molecule has 3 N–H and O–H groups in total. The van der Waals surface area contributed by atoms with Gasteiger partial charge >= 0.3 is 0 Å². The van der Waals surface area contributed by atoms with Crippen molar-refractivity contribution >= 4 is 44.6 Å². The van der Waals surface area contributed by atoms with Gasteiger partial charge in [0.05, 0.1) is 11.7 Å². The van der Waals surface area contributed by atoms with Crippen LogP contribution in [-0.2, 0) is 4.79 Å². The highest BCUT2D eigenvalue weighted by Gasteiger charge is 2.44. The first-order valence-electron chi connectivity index (χ1n) is 12.9. The molecule has 1 aliphatic rings. The zero-order valence-electron chi connectivity index (χ0n) is 21.5. The van der Waals surface area contributed by atoms with Crippen LogP contribution in [-0.4, -0.2) is 33.6 Å². The van der Waals surface area contributed by atoms with Crippen LogP contribution in [0.1, 0.15) is 44.8 Å². The molecule has 0 radical (unpaired) electrons. The number of carbonyl (C=O) groups is 3. The van der Waals surface area contributed by atoms with E-state index in [1.165, 1.54) is 0 Å². The number of H-pyrrole nitrogens is 1. The number of hydrazine groups is 1. The number of fused-ring (bicyclic) bond motifs is 2. The molecule has 0 bridgehead atoms. The Morgan fingerprint density at radius 3 is 2.30 bits per heavy atom. The molecule has 2 unspecified atom stereocenters. The molecule has 0 fully saturated rings. The summed E-state index contributed by atoms with van der Waals surface area (Å²) in [6.45, 7) is 1.68. The number of aromatic nitrogens is 1. The molecule has 0 saturated carbocycles. The SMILES string of the molecule is CC(C(=O)NNC(=O)c1ccc(Br)cc1)N1C(=O)c2ccccc2C1c1c(-c2ccccc2)[nH]c2ccccc12. The van der Waals surface area contributed by atoms with Gasteiger partial charge in [-0.2, -0.15) is 0 Å². The summed E-state index contributed by atoms with van der Waals surface area (Å²) in [7, 11) is 0. The number of nitrogens with zero attached hydrogens (tertiary/aromatic N) is 1. The molecule has 3 amide bonds. The van der Waals surface area contributed by atoms with Gasteiger partial charge in [-0.15, -0.1) is 0 Å². The lowest BCUT2D eigenvalue weighted by Crippen LogP contribution is -2.52. The number of amides is 3. The Labute approximate surface area is 239 Å². The number of aromatic amines is 1. The number of hydrogen-bond donors (Lipinski definition) is 3. The Kier molecular flexibility index (Phi) is 6.69. The van der Waals surface area contributed by atoms with Crippen molar-refractivity contribution in [1.29, 1.82) is 0 Å². The molecule has 5 aromatic rings. The summed E-state index contributed by atoms with van der Waals surface area (Å²) in [6, 6.07) is 30.7. The van der Waals surface area contributed by atoms with Crippen LogP contribution in [0.5, 0.6) is 0 Å². The van der Waals surface area contributed by atoms with Crippen molar-refractivity contribution in [3.63, 3.8) is 0 Å². The van der Waals surface area contributed by atoms with E-state index < -0.39 is 23.9 Å². The number of rotatable bonds is 5. The summed E-state index contributed by atoms with van der Waals surface area (Å²) >= 11 is 3.35. The standard InChI is InChI=1S/C32H25BrN4O3/c1-19(30(38)35-36-31(39)21-15-17-22(33)18-16-21)37-29(23-11-5-6-12-24(23)32(37)40)27-25-13-7-8-14-26(25)34-28(27)20-9-3-2-4-10-20/h2-19,29,34H,1H3,(H,35,38)(H,36,39). The maximum atomic E-state index is 13.9. The number of halogens is 1. The van der Waals surface area contributed by atoms with E-state index in [2.05, 4.69) is 31.8 Å². The minimum absolute atomic E-state index is 0.244. The summed E-state index contributed by atoms with van der Waals surface area (Å²) in [5, 5.41) is 0.969. The molecule has 198 valence electrons. The van der Waals surface area contributed by atoms with Crippen LogP contribution in [0, 0.1) is 0 Å². The van der Waals surface area contributed by atoms with Crippen molar-refractivity contribution in [2.75, 3.05) is 0 Å². The van der Waals surface area contributed by atoms with Crippen LogP contribution in [0.25, 0.3) is 22.2 Å². The Bertz CT molecular complexity index is 1750. The Morgan fingerprint density at radius 2 is 1.52 bits per heavy atom. The van der Waals surface area contributed by atoms with Gasteiger partial charge in [0.15, 0.2) is 0 Å². The molecular formula is C32H25BrN4O3. The van der Waals surface area contributed by atoms with Gasteiger partial charge in [0.2, 0.25) is 0 Å². The molecule has 6 rings (SSSR count). The van der Waals surface area contributed by atoms with Gasteiger partial charge in [0.1, 0.15) is 6.04 Å². The number of hydrogen-bond acceptors (Lipinski definition) is 3. The first-order valence-corrected chi connectivity index (χ1v) is 13.7. The highest BCUT2D eigenvalue weighted by molar-refractivity contribution is 9.10. The van der Waals surface area contributed by atoms with E-state index in [0.717, 1.165) is 37.8 Å². The van der Waals surface area contributed by atoms with Crippen LogP contribution in [0.3, 0.4) is 0 Å². The molecule has 1 aliphatic heterocycles.